The minimum atomic E-state index is 0.959. The fraction of sp³-hybridized carbons (Fsp3) is 0.733. The van der Waals surface area contributed by atoms with Gasteiger partial charge in [-0.2, -0.15) is 0 Å². The zero-order chi connectivity index (χ0) is 14.1. The number of nitrogens with zero attached hydrogens (tertiary/aromatic N) is 3. The zero-order valence-corrected chi connectivity index (χ0v) is 12.9. The molecule has 1 N–H and O–H groups in total. The van der Waals surface area contributed by atoms with Crippen molar-refractivity contribution in [1.82, 2.24) is 9.97 Å². The first-order valence-electron chi connectivity index (χ1n) is 7.54. The van der Waals surface area contributed by atoms with Crippen LogP contribution in [0.1, 0.15) is 52.0 Å². The van der Waals surface area contributed by atoms with Gasteiger partial charge in [0.2, 0.25) is 0 Å². The Kier molecular flexibility index (Phi) is 7.23. The third-order valence-electron chi connectivity index (χ3n) is 3.38. The molecule has 1 aromatic heterocycles. The van der Waals surface area contributed by atoms with Crippen molar-refractivity contribution in [3.05, 3.63) is 11.9 Å². The highest BCUT2D eigenvalue weighted by Gasteiger charge is 2.14. The van der Waals surface area contributed by atoms with Gasteiger partial charge < -0.3 is 10.2 Å². The molecule has 0 aliphatic rings. The van der Waals surface area contributed by atoms with Crippen LogP contribution in [0.4, 0.5) is 11.6 Å². The highest BCUT2D eigenvalue weighted by molar-refractivity contribution is 5.58. The summed E-state index contributed by atoms with van der Waals surface area (Å²) in [4.78, 5) is 11.3. The Hall–Kier alpha value is -1.32. The summed E-state index contributed by atoms with van der Waals surface area (Å²) in [5.74, 6) is 2.08. The van der Waals surface area contributed by atoms with E-state index in [1.54, 1.807) is 6.33 Å². The average Bonchev–Trinajstić information content (AvgIpc) is 2.46. The third kappa shape index (κ3) is 4.37. The first-order valence-corrected chi connectivity index (χ1v) is 7.54. The minimum Gasteiger partial charge on any atom is -0.373 e. The highest BCUT2D eigenvalue weighted by Crippen LogP contribution is 2.24. The Morgan fingerprint density at radius 2 is 1.68 bits per heavy atom. The molecule has 1 aromatic rings. The van der Waals surface area contributed by atoms with Gasteiger partial charge in [0, 0.05) is 25.7 Å². The molecule has 0 aromatic carbocycles. The van der Waals surface area contributed by atoms with Crippen LogP contribution in [-0.2, 0) is 6.42 Å². The van der Waals surface area contributed by atoms with Gasteiger partial charge in [-0.3, -0.25) is 0 Å². The molecule has 0 aliphatic heterocycles. The molecule has 0 radical (unpaired) electrons. The second kappa shape index (κ2) is 8.73. The van der Waals surface area contributed by atoms with Crippen LogP contribution >= 0.6 is 0 Å². The van der Waals surface area contributed by atoms with Crippen molar-refractivity contribution in [2.75, 3.05) is 30.4 Å². The van der Waals surface area contributed by atoms with Gasteiger partial charge in [0.05, 0.1) is 0 Å². The molecule has 0 atom stereocenters. The molecule has 0 spiro atoms. The molecule has 108 valence electrons. The fourth-order valence-corrected chi connectivity index (χ4v) is 2.24. The smallest absolute Gasteiger partial charge is 0.137 e. The van der Waals surface area contributed by atoms with Crippen molar-refractivity contribution in [2.45, 2.75) is 52.9 Å². The summed E-state index contributed by atoms with van der Waals surface area (Å²) < 4.78 is 0. The largest absolute Gasteiger partial charge is 0.373 e. The molecule has 0 amide bonds. The van der Waals surface area contributed by atoms with Crippen molar-refractivity contribution in [3.63, 3.8) is 0 Å². The summed E-state index contributed by atoms with van der Waals surface area (Å²) in [6.07, 6.45) is 7.49. The first kappa shape index (κ1) is 15.7. The van der Waals surface area contributed by atoms with Gasteiger partial charge in [-0.25, -0.2) is 9.97 Å². The normalized spacial score (nSPS) is 10.5. The van der Waals surface area contributed by atoms with Crippen molar-refractivity contribution >= 4 is 11.6 Å². The van der Waals surface area contributed by atoms with Crippen LogP contribution in [0.3, 0.4) is 0 Å². The second-order valence-electron chi connectivity index (χ2n) is 4.82. The molecule has 1 rings (SSSR count). The Morgan fingerprint density at radius 1 is 1.05 bits per heavy atom. The number of unbranched alkanes of at least 4 members (excludes halogenated alkanes) is 2. The Balaban J connectivity index is 2.98. The number of anilines is 2. The van der Waals surface area contributed by atoms with Crippen molar-refractivity contribution in [3.8, 4) is 0 Å². The van der Waals surface area contributed by atoms with Gasteiger partial charge in [0.15, 0.2) is 0 Å². The summed E-state index contributed by atoms with van der Waals surface area (Å²) in [6.45, 7) is 8.81. The van der Waals surface area contributed by atoms with E-state index in [-0.39, 0.29) is 0 Å². The molecule has 0 unspecified atom stereocenters. The number of hydrogen-bond acceptors (Lipinski definition) is 4. The summed E-state index contributed by atoms with van der Waals surface area (Å²) in [5, 5.41) is 3.18. The fourth-order valence-electron chi connectivity index (χ4n) is 2.24. The van der Waals surface area contributed by atoms with Gasteiger partial charge >= 0.3 is 0 Å². The molecule has 0 saturated heterocycles. The van der Waals surface area contributed by atoms with Crippen LogP contribution < -0.4 is 10.2 Å². The summed E-state index contributed by atoms with van der Waals surface area (Å²) >= 11 is 0. The van der Waals surface area contributed by atoms with E-state index in [1.165, 1.54) is 31.2 Å². The number of nitrogens with one attached hydrogen (secondary N) is 1. The summed E-state index contributed by atoms with van der Waals surface area (Å²) in [6, 6.07) is 0. The SMILES string of the molecule is CCCCN(CCCC)c1ncnc(NC)c1CC. The predicted molar refractivity (Wildman–Crippen MR) is 83.0 cm³/mol. The van der Waals surface area contributed by atoms with Gasteiger partial charge in [0.25, 0.3) is 0 Å². The Labute approximate surface area is 117 Å². The van der Waals surface area contributed by atoms with Crippen LogP contribution in [0.2, 0.25) is 0 Å². The summed E-state index contributed by atoms with van der Waals surface area (Å²) in [5.41, 5.74) is 1.23. The summed E-state index contributed by atoms with van der Waals surface area (Å²) in [7, 11) is 1.92. The quantitative estimate of drug-likeness (QED) is 0.741. The Bertz CT molecular complexity index is 357. The van der Waals surface area contributed by atoms with Gasteiger partial charge in [-0.1, -0.05) is 33.6 Å². The van der Waals surface area contributed by atoms with Crippen LogP contribution in [0, 0.1) is 0 Å². The van der Waals surface area contributed by atoms with E-state index in [2.05, 4.69) is 41.0 Å². The standard InChI is InChI=1S/C15H28N4/c1-5-8-10-19(11-9-6-2)15-13(7-3)14(16-4)17-12-18-15/h12H,5-11H2,1-4H3,(H,16,17,18). The van der Waals surface area contributed by atoms with Crippen molar-refractivity contribution in [1.29, 1.82) is 0 Å². The topological polar surface area (TPSA) is 41.1 Å². The highest BCUT2D eigenvalue weighted by atomic mass is 15.2. The van der Waals surface area contributed by atoms with Crippen molar-refractivity contribution < 1.29 is 0 Å². The Morgan fingerprint density at radius 3 is 2.16 bits per heavy atom. The lowest BCUT2D eigenvalue weighted by Gasteiger charge is -2.26. The lowest BCUT2D eigenvalue weighted by molar-refractivity contribution is 0.667. The molecule has 0 aliphatic carbocycles. The molecule has 4 nitrogen and oxygen atoms in total. The van der Waals surface area contributed by atoms with E-state index in [4.69, 9.17) is 0 Å². The molecule has 4 heteroatoms. The van der Waals surface area contributed by atoms with Crippen LogP contribution in [0.15, 0.2) is 6.33 Å². The van der Waals surface area contributed by atoms with Crippen LogP contribution in [0.25, 0.3) is 0 Å². The predicted octanol–water partition coefficient (Wildman–Crippen LogP) is 3.49. The third-order valence-corrected chi connectivity index (χ3v) is 3.38. The minimum absolute atomic E-state index is 0.959. The number of hydrogen-bond donors (Lipinski definition) is 1. The zero-order valence-electron chi connectivity index (χ0n) is 12.9. The van der Waals surface area contributed by atoms with Crippen molar-refractivity contribution in [2.24, 2.45) is 0 Å². The monoisotopic (exact) mass is 264 g/mol. The molecule has 0 bridgehead atoms. The van der Waals surface area contributed by atoms with E-state index < -0.39 is 0 Å². The molecule has 0 fully saturated rings. The van der Waals surface area contributed by atoms with E-state index in [0.29, 0.717) is 0 Å². The average molecular weight is 264 g/mol. The second-order valence-corrected chi connectivity index (χ2v) is 4.82. The lowest BCUT2D eigenvalue weighted by Crippen LogP contribution is -2.28. The maximum absolute atomic E-state index is 4.54. The van der Waals surface area contributed by atoms with E-state index in [0.717, 1.165) is 31.1 Å². The van der Waals surface area contributed by atoms with Gasteiger partial charge in [-0.05, 0) is 19.3 Å². The maximum atomic E-state index is 4.54. The lowest BCUT2D eigenvalue weighted by atomic mass is 10.1. The van der Waals surface area contributed by atoms with Crippen LogP contribution in [-0.4, -0.2) is 30.1 Å². The molecular formula is C15H28N4. The van der Waals surface area contributed by atoms with Gasteiger partial charge in [0.1, 0.15) is 18.0 Å². The maximum Gasteiger partial charge on any atom is 0.137 e. The van der Waals surface area contributed by atoms with Crippen LogP contribution in [0.5, 0.6) is 0 Å². The molecule has 0 saturated carbocycles. The van der Waals surface area contributed by atoms with E-state index in [1.807, 2.05) is 7.05 Å². The van der Waals surface area contributed by atoms with Gasteiger partial charge in [-0.15, -0.1) is 0 Å². The molecule has 1 heterocycles. The molecule has 19 heavy (non-hydrogen) atoms. The van der Waals surface area contributed by atoms with E-state index >= 15 is 0 Å². The number of rotatable bonds is 9. The molecular weight excluding hydrogens is 236 g/mol. The van der Waals surface area contributed by atoms with E-state index in [9.17, 15) is 0 Å². The first-order chi connectivity index (χ1) is 9.28. The number of aromatic nitrogens is 2.